The van der Waals surface area contributed by atoms with Crippen LogP contribution in [0, 0.1) is 13.8 Å². The first-order chi connectivity index (χ1) is 11.1. The quantitative estimate of drug-likeness (QED) is 0.766. The van der Waals surface area contributed by atoms with E-state index in [0.717, 1.165) is 16.8 Å². The van der Waals surface area contributed by atoms with Gasteiger partial charge in [0.1, 0.15) is 17.8 Å². The van der Waals surface area contributed by atoms with E-state index in [1.807, 2.05) is 26.0 Å². The molecule has 3 rings (SSSR count). The largest absolute Gasteiger partial charge is 0.435 e. The molecule has 0 saturated heterocycles. The van der Waals surface area contributed by atoms with Crippen LogP contribution >= 0.6 is 0 Å². The molecule has 0 bridgehead atoms. The van der Waals surface area contributed by atoms with Crippen molar-refractivity contribution < 1.29 is 4.74 Å². The number of nitrogen functional groups attached to an aromatic ring is 1. The van der Waals surface area contributed by atoms with Crippen LogP contribution < -0.4 is 15.8 Å². The minimum absolute atomic E-state index is 0.292. The van der Waals surface area contributed by atoms with Crippen molar-refractivity contribution in [1.82, 2.24) is 15.0 Å². The Bertz CT molecular complexity index is 820. The highest BCUT2D eigenvalue weighted by Crippen LogP contribution is 2.31. The molecule has 23 heavy (non-hydrogen) atoms. The highest BCUT2D eigenvalue weighted by Gasteiger charge is 2.11. The van der Waals surface area contributed by atoms with Crippen molar-refractivity contribution in [1.29, 1.82) is 0 Å². The second-order valence-corrected chi connectivity index (χ2v) is 5.18. The van der Waals surface area contributed by atoms with Crippen LogP contribution in [-0.4, -0.2) is 15.0 Å². The summed E-state index contributed by atoms with van der Waals surface area (Å²) in [4.78, 5) is 12.3. The maximum Gasteiger partial charge on any atom is 0.248 e. The lowest BCUT2D eigenvalue weighted by Gasteiger charge is -2.13. The van der Waals surface area contributed by atoms with Crippen molar-refractivity contribution in [3.8, 4) is 11.6 Å². The summed E-state index contributed by atoms with van der Waals surface area (Å²) >= 11 is 0. The number of nitrogens with two attached hydrogens (primary N) is 1. The predicted octanol–water partition coefficient (Wildman–Crippen LogP) is 3.61. The van der Waals surface area contributed by atoms with E-state index in [1.165, 1.54) is 6.33 Å². The van der Waals surface area contributed by atoms with E-state index in [4.69, 9.17) is 10.5 Å². The Morgan fingerprint density at radius 3 is 2.78 bits per heavy atom. The first kappa shape index (κ1) is 14.8. The van der Waals surface area contributed by atoms with Gasteiger partial charge in [0.2, 0.25) is 5.88 Å². The van der Waals surface area contributed by atoms with Crippen LogP contribution in [0.2, 0.25) is 0 Å². The fraction of sp³-hybridized carbons (Fsp3) is 0.118. The van der Waals surface area contributed by atoms with Gasteiger partial charge in [-0.05, 0) is 43.2 Å². The van der Waals surface area contributed by atoms with Gasteiger partial charge in [-0.3, -0.25) is 4.98 Å². The van der Waals surface area contributed by atoms with Crippen molar-refractivity contribution in [2.75, 3.05) is 11.1 Å². The van der Waals surface area contributed by atoms with E-state index in [0.29, 0.717) is 23.1 Å². The minimum Gasteiger partial charge on any atom is -0.435 e. The molecule has 6 heteroatoms. The molecule has 2 aromatic heterocycles. The molecule has 1 aromatic carbocycles. The van der Waals surface area contributed by atoms with Gasteiger partial charge in [0.15, 0.2) is 5.82 Å². The Morgan fingerprint density at radius 2 is 2.00 bits per heavy atom. The monoisotopic (exact) mass is 307 g/mol. The average molecular weight is 307 g/mol. The van der Waals surface area contributed by atoms with Gasteiger partial charge >= 0.3 is 0 Å². The van der Waals surface area contributed by atoms with Gasteiger partial charge in [0, 0.05) is 11.9 Å². The third-order valence-corrected chi connectivity index (χ3v) is 3.34. The Labute approximate surface area is 134 Å². The summed E-state index contributed by atoms with van der Waals surface area (Å²) in [5.74, 6) is 1.36. The molecular formula is C17H17N5O. The molecule has 6 nitrogen and oxygen atoms in total. The van der Waals surface area contributed by atoms with Crippen LogP contribution in [0.5, 0.6) is 11.6 Å². The second-order valence-electron chi connectivity index (χ2n) is 5.18. The third kappa shape index (κ3) is 3.37. The Balaban J connectivity index is 1.89. The standard InChI is InChI=1S/C17H17N5O/c1-11-5-6-12(2)14(8-11)22-16-15(18)17(21-10-20-16)23-13-4-3-7-19-9-13/h3-10H,18H2,1-2H3,(H,20,21,22). The van der Waals surface area contributed by atoms with Crippen molar-refractivity contribution in [2.45, 2.75) is 13.8 Å². The van der Waals surface area contributed by atoms with E-state index in [9.17, 15) is 0 Å². The predicted molar refractivity (Wildman–Crippen MR) is 90.0 cm³/mol. The van der Waals surface area contributed by atoms with Gasteiger partial charge in [-0.1, -0.05) is 12.1 Å². The Morgan fingerprint density at radius 1 is 1.13 bits per heavy atom. The van der Waals surface area contributed by atoms with Crippen LogP contribution in [0.15, 0.2) is 49.1 Å². The number of anilines is 3. The van der Waals surface area contributed by atoms with Crippen LogP contribution in [0.1, 0.15) is 11.1 Å². The van der Waals surface area contributed by atoms with E-state index < -0.39 is 0 Å². The van der Waals surface area contributed by atoms with Crippen LogP contribution in [-0.2, 0) is 0 Å². The van der Waals surface area contributed by atoms with Gasteiger partial charge in [-0.25, -0.2) is 4.98 Å². The summed E-state index contributed by atoms with van der Waals surface area (Å²) in [5, 5.41) is 3.24. The summed E-state index contributed by atoms with van der Waals surface area (Å²) in [5.41, 5.74) is 9.68. The SMILES string of the molecule is Cc1ccc(C)c(Nc2ncnc(Oc3cccnc3)c2N)c1. The van der Waals surface area contributed by atoms with Gasteiger partial charge in [-0.15, -0.1) is 0 Å². The van der Waals surface area contributed by atoms with Crippen LogP contribution in [0.3, 0.4) is 0 Å². The maximum atomic E-state index is 6.13. The molecule has 0 aliphatic carbocycles. The molecule has 3 N–H and O–H groups in total. The zero-order valence-electron chi connectivity index (χ0n) is 12.9. The number of nitrogens with one attached hydrogen (secondary N) is 1. The summed E-state index contributed by atoms with van der Waals surface area (Å²) in [6.45, 7) is 4.05. The molecule has 0 radical (unpaired) electrons. The highest BCUT2D eigenvalue weighted by atomic mass is 16.5. The molecular weight excluding hydrogens is 290 g/mol. The number of hydrogen-bond donors (Lipinski definition) is 2. The third-order valence-electron chi connectivity index (χ3n) is 3.34. The van der Waals surface area contributed by atoms with Crippen LogP contribution in [0.25, 0.3) is 0 Å². The smallest absolute Gasteiger partial charge is 0.248 e. The summed E-state index contributed by atoms with van der Waals surface area (Å²) < 4.78 is 5.66. The average Bonchev–Trinajstić information content (AvgIpc) is 2.55. The van der Waals surface area contributed by atoms with Gasteiger partial charge in [0.25, 0.3) is 0 Å². The van der Waals surface area contributed by atoms with Gasteiger partial charge in [0.05, 0.1) is 6.20 Å². The lowest BCUT2D eigenvalue weighted by atomic mass is 10.1. The summed E-state index contributed by atoms with van der Waals surface area (Å²) in [6, 6.07) is 9.70. The molecule has 0 saturated carbocycles. The summed E-state index contributed by atoms with van der Waals surface area (Å²) in [7, 11) is 0. The molecule has 0 aliphatic rings. The first-order valence-electron chi connectivity index (χ1n) is 7.16. The molecule has 0 aliphatic heterocycles. The minimum atomic E-state index is 0.292. The van der Waals surface area contributed by atoms with E-state index >= 15 is 0 Å². The van der Waals surface area contributed by atoms with Gasteiger partial charge < -0.3 is 15.8 Å². The molecule has 0 atom stereocenters. The number of benzene rings is 1. The lowest BCUT2D eigenvalue weighted by molar-refractivity contribution is 0.462. The number of ether oxygens (including phenoxy) is 1. The zero-order valence-corrected chi connectivity index (χ0v) is 12.9. The Hall–Kier alpha value is -3.15. The summed E-state index contributed by atoms with van der Waals surface area (Å²) in [6.07, 6.45) is 4.68. The van der Waals surface area contributed by atoms with Crippen LogP contribution in [0.4, 0.5) is 17.2 Å². The number of hydrogen-bond acceptors (Lipinski definition) is 6. The lowest BCUT2D eigenvalue weighted by Crippen LogP contribution is -2.04. The normalized spacial score (nSPS) is 10.3. The highest BCUT2D eigenvalue weighted by molar-refractivity contribution is 5.73. The zero-order chi connectivity index (χ0) is 16.2. The van der Waals surface area contributed by atoms with Crippen molar-refractivity contribution in [3.63, 3.8) is 0 Å². The molecule has 3 aromatic rings. The molecule has 0 spiro atoms. The number of pyridine rings is 1. The number of aryl methyl sites for hydroxylation is 2. The number of aromatic nitrogens is 3. The van der Waals surface area contributed by atoms with Gasteiger partial charge in [-0.2, -0.15) is 4.98 Å². The fourth-order valence-corrected chi connectivity index (χ4v) is 2.08. The van der Waals surface area contributed by atoms with Crippen molar-refractivity contribution >= 4 is 17.2 Å². The van der Waals surface area contributed by atoms with E-state index in [-0.39, 0.29) is 0 Å². The Kier molecular flexibility index (Phi) is 4.05. The fourth-order valence-electron chi connectivity index (χ4n) is 2.08. The number of rotatable bonds is 4. The topological polar surface area (TPSA) is 86.0 Å². The van der Waals surface area contributed by atoms with E-state index in [1.54, 1.807) is 24.5 Å². The second kappa shape index (κ2) is 6.31. The van der Waals surface area contributed by atoms with E-state index in [2.05, 4.69) is 26.3 Å². The first-order valence-corrected chi connectivity index (χ1v) is 7.16. The number of nitrogens with zero attached hydrogens (tertiary/aromatic N) is 3. The molecule has 116 valence electrons. The molecule has 0 amide bonds. The van der Waals surface area contributed by atoms with Crippen molar-refractivity contribution in [3.05, 3.63) is 60.2 Å². The molecule has 0 fully saturated rings. The maximum absolute atomic E-state index is 6.13. The van der Waals surface area contributed by atoms with Crippen molar-refractivity contribution in [2.24, 2.45) is 0 Å². The molecule has 2 heterocycles. The molecule has 0 unspecified atom stereocenters.